The number of carbonyl (C=O) groups excluding carboxylic acids is 1. The van der Waals surface area contributed by atoms with E-state index in [4.69, 9.17) is 4.74 Å². The Labute approximate surface area is 138 Å². The molecule has 0 radical (unpaired) electrons. The lowest BCUT2D eigenvalue weighted by molar-refractivity contribution is -0.117. The first-order chi connectivity index (χ1) is 10.9. The number of benzene rings is 1. The first-order valence-electron chi connectivity index (χ1n) is 8.31. The Morgan fingerprint density at radius 3 is 2.83 bits per heavy atom. The van der Waals surface area contributed by atoms with E-state index in [-0.39, 0.29) is 11.2 Å². The molecule has 0 N–H and O–H groups in total. The second-order valence-corrected chi connectivity index (χ2v) is 7.09. The number of ether oxygens (including phenoxy) is 1. The molecule has 23 heavy (non-hydrogen) atoms. The van der Waals surface area contributed by atoms with Crippen molar-refractivity contribution in [2.24, 2.45) is 0 Å². The number of fused-ring (bicyclic) bond motifs is 1. The Bertz CT molecular complexity index is 636. The number of likely N-dealkylation sites (N-methyl/N-ethyl adjacent to an activating group) is 1. The molecule has 0 aliphatic carbocycles. The maximum atomic E-state index is 12.6. The number of nitrogens with zero attached hydrogens (tertiary/aromatic N) is 2. The molecular weight excluding hydrogens is 288 g/mol. The van der Waals surface area contributed by atoms with Gasteiger partial charge in [-0.25, -0.2) is 0 Å². The Kier molecular flexibility index (Phi) is 4.30. The van der Waals surface area contributed by atoms with Gasteiger partial charge in [0.1, 0.15) is 0 Å². The molecule has 0 spiro atoms. The van der Waals surface area contributed by atoms with Crippen LogP contribution in [0.25, 0.3) is 0 Å². The predicted octanol–water partition coefficient (Wildman–Crippen LogP) is 2.59. The van der Waals surface area contributed by atoms with Crippen molar-refractivity contribution in [3.63, 3.8) is 0 Å². The number of anilines is 1. The standard InChI is InChI=1S/C19H26N2O2/c1-14-13-23-10-9-21(14)12-15(22)11-18-19(2,3)16-7-5-6-8-17(16)20(18)4/h5-8,11,14H,9-10,12-13H2,1-4H3/b18-11-/t14-/m0/s1. The molecule has 0 amide bonds. The van der Waals surface area contributed by atoms with Crippen molar-refractivity contribution in [2.45, 2.75) is 32.2 Å². The molecular formula is C19H26N2O2. The molecule has 3 rings (SSSR count). The van der Waals surface area contributed by atoms with Gasteiger partial charge in [0, 0.05) is 42.5 Å². The fourth-order valence-corrected chi connectivity index (χ4v) is 3.65. The summed E-state index contributed by atoms with van der Waals surface area (Å²) in [6, 6.07) is 8.69. The number of hydrogen-bond donors (Lipinski definition) is 0. The van der Waals surface area contributed by atoms with E-state index in [1.165, 1.54) is 11.3 Å². The van der Waals surface area contributed by atoms with Crippen molar-refractivity contribution in [1.29, 1.82) is 0 Å². The molecule has 2 aliphatic heterocycles. The van der Waals surface area contributed by atoms with Gasteiger partial charge in [-0.15, -0.1) is 0 Å². The summed E-state index contributed by atoms with van der Waals surface area (Å²) in [6.45, 7) is 9.20. The molecule has 4 heteroatoms. The van der Waals surface area contributed by atoms with Crippen molar-refractivity contribution in [2.75, 3.05) is 38.3 Å². The molecule has 1 fully saturated rings. The third kappa shape index (κ3) is 2.93. The van der Waals surface area contributed by atoms with Gasteiger partial charge in [0.2, 0.25) is 0 Å². The first kappa shape index (κ1) is 16.2. The van der Waals surface area contributed by atoms with Crippen LogP contribution in [-0.2, 0) is 14.9 Å². The second kappa shape index (κ2) is 6.10. The zero-order valence-corrected chi connectivity index (χ0v) is 14.5. The summed E-state index contributed by atoms with van der Waals surface area (Å²) >= 11 is 0. The molecule has 124 valence electrons. The normalized spacial score (nSPS) is 25.7. The number of hydrogen-bond acceptors (Lipinski definition) is 4. The van der Waals surface area contributed by atoms with Crippen molar-refractivity contribution in [3.8, 4) is 0 Å². The van der Waals surface area contributed by atoms with Gasteiger partial charge in [-0.2, -0.15) is 0 Å². The van der Waals surface area contributed by atoms with E-state index < -0.39 is 0 Å². The third-order valence-electron chi connectivity index (χ3n) is 5.10. The lowest BCUT2D eigenvalue weighted by Gasteiger charge is -2.32. The highest BCUT2D eigenvalue weighted by Gasteiger charge is 2.38. The number of allylic oxidation sites excluding steroid dienone is 1. The lowest BCUT2D eigenvalue weighted by atomic mass is 9.83. The summed E-state index contributed by atoms with van der Waals surface area (Å²) in [4.78, 5) is 17.0. The van der Waals surface area contributed by atoms with E-state index in [0.717, 1.165) is 12.2 Å². The Morgan fingerprint density at radius 2 is 2.13 bits per heavy atom. The summed E-state index contributed by atoms with van der Waals surface area (Å²) in [5, 5.41) is 0. The monoisotopic (exact) mass is 314 g/mol. The summed E-state index contributed by atoms with van der Waals surface area (Å²) in [5.41, 5.74) is 3.40. The van der Waals surface area contributed by atoms with Crippen LogP contribution in [0.5, 0.6) is 0 Å². The number of carbonyl (C=O) groups is 1. The van der Waals surface area contributed by atoms with E-state index >= 15 is 0 Å². The van der Waals surface area contributed by atoms with Crippen LogP contribution < -0.4 is 4.90 Å². The molecule has 1 aromatic carbocycles. The number of para-hydroxylation sites is 1. The van der Waals surface area contributed by atoms with Crippen LogP contribution >= 0.6 is 0 Å². The SMILES string of the molecule is C[C@H]1COCCN1CC(=O)/C=C1\N(C)c2ccccc2C1(C)C. The zero-order valence-electron chi connectivity index (χ0n) is 14.5. The fourth-order valence-electron chi connectivity index (χ4n) is 3.65. The molecule has 1 aromatic rings. The van der Waals surface area contributed by atoms with Crippen molar-refractivity contribution in [1.82, 2.24) is 4.90 Å². The molecule has 2 heterocycles. The van der Waals surface area contributed by atoms with E-state index in [1.807, 2.05) is 19.2 Å². The Hall–Kier alpha value is -1.65. The average molecular weight is 314 g/mol. The van der Waals surface area contributed by atoms with E-state index in [2.05, 4.69) is 48.8 Å². The van der Waals surface area contributed by atoms with Crippen molar-refractivity contribution in [3.05, 3.63) is 41.6 Å². The van der Waals surface area contributed by atoms with Gasteiger partial charge in [-0.05, 0) is 18.6 Å². The molecule has 2 aliphatic rings. The van der Waals surface area contributed by atoms with Crippen LogP contribution in [0.15, 0.2) is 36.0 Å². The van der Waals surface area contributed by atoms with E-state index in [9.17, 15) is 4.79 Å². The van der Waals surface area contributed by atoms with E-state index in [1.54, 1.807) is 0 Å². The number of morpholine rings is 1. The van der Waals surface area contributed by atoms with Gasteiger partial charge in [-0.1, -0.05) is 32.0 Å². The van der Waals surface area contributed by atoms with Crippen LogP contribution in [0.4, 0.5) is 5.69 Å². The molecule has 0 unspecified atom stereocenters. The lowest BCUT2D eigenvalue weighted by Crippen LogP contribution is -2.45. The molecule has 0 aromatic heterocycles. The van der Waals surface area contributed by atoms with Crippen molar-refractivity contribution < 1.29 is 9.53 Å². The largest absolute Gasteiger partial charge is 0.379 e. The molecule has 1 saturated heterocycles. The van der Waals surface area contributed by atoms with Gasteiger partial charge in [-0.3, -0.25) is 9.69 Å². The number of ketones is 1. The third-order valence-corrected chi connectivity index (χ3v) is 5.10. The Balaban J connectivity index is 1.81. The van der Waals surface area contributed by atoms with Gasteiger partial charge >= 0.3 is 0 Å². The quantitative estimate of drug-likeness (QED) is 0.803. The summed E-state index contributed by atoms with van der Waals surface area (Å²) in [7, 11) is 2.05. The summed E-state index contributed by atoms with van der Waals surface area (Å²) < 4.78 is 5.44. The summed E-state index contributed by atoms with van der Waals surface area (Å²) in [6.07, 6.45) is 1.84. The van der Waals surface area contributed by atoms with Crippen LogP contribution in [0, 0.1) is 0 Å². The maximum absolute atomic E-state index is 12.6. The first-order valence-corrected chi connectivity index (χ1v) is 8.31. The van der Waals surface area contributed by atoms with Crippen molar-refractivity contribution >= 4 is 11.5 Å². The highest BCUT2D eigenvalue weighted by Crippen LogP contribution is 2.46. The van der Waals surface area contributed by atoms with E-state index in [0.29, 0.717) is 25.8 Å². The minimum Gasteiger partial charge on any atom is -0.379 e. The summed E-state index contributed by atoms with van der Waals surface area (Å²) in [5.74, 6) is 0.168. The topological polar surface area (TPSA) is 32.8 Å². The molecule has 4 nitrogen and oxygen atoms in total. The highest BCUT2D eigenvalue weighted by atomic mass is 16.5. The number of rotatable bonds is 3. The maximum Gasteiger partial charge on any atom is 0.171 e. The molecule has 1 atom stereocenters. The smallest absolute Gasteiger partial charge is 0.171 e. The minimum atomic E-state index is -0.141. The Morgan fingerprint density at radius 1 is 1.39 bits per heavy atom. The predicted molar refractivity (Wildman–Crippen MR) is 92.8 cm³/mol. The molecule has 0 bridgehead atoms. The fraction of sp³-hybridized carbons (Fsp3) is 0.526. The van der Waals surface area contributed by atoms with Crippen LogP contribution in [-0.4, -0.2) is 50.1 Å². The highest BCUT2D eigenvalue weighted by molar-refractivity contribution is 5.94. The minimum absolute atomic E-state index is 0.141. The van der Waals surface area contributed by atoms with Crippen LogP contribution in [0.1, 0.15) is 26.3 Å². The van der Waals surface area contributed by atoms with Gasteiger partial charge in [0.15, 0.2) is 5.78 Å². The average Bonchev–Trinajstić information content (AvgIpc) is 2.71. The zero-order chi connectivity index (χ0) is 16.6. The van der Waals surface area contributed by atoms with Gasteiger partial charge < -0.3 is 9.64 Å². The van der Waals surface area contributed by atoms with Crippen LogP contribution in [0.2, 0.25) is 0 Å². The molecule has 0 saturated carbocycles. The van der Waals surface area contributed by atoms with Gasteiger partial charge in [0.05, 0.1) is 19.8 Å². The van der Waals surface area contributed by atoms with Gasteiger partial charge in [0.25, 0.3) is 0 Å². The van der Waals surface area contributed by atoms with Crippen LogP contribution in [0.3, 0.4) is 0 Å². The second-order valence-electron chi connectivity index (χ2n) is 7.09.